The fourth-order valence-electron chi connectivity index (χ4n) is 3.34. The Hall–Kier alpha value is -3.52. The van der Waals surface area contributed by atoms with Crippen LogP contribution in [0.2, 0.25) is 0 Å². The Balaban J connectivity index is 1.73. The average Bonchev–Trinajstić information content (AvgIpc) is 3.12. The molecule has 6 nitrogen and oxygen atoms in total. The van der Waals surface area contributed by atoms with Crippen LogP contribution >= 0.6 is 0 Å². The smallest absolute Gasteiger partial charge is 0.264 e. The minimum atomic E-state index is -3.99. The number of benzene rings is 3. The molecule has 3 aromatic carbocycles. The number of ether oxygens (including phenoxy) is 2. The second-order valence-electron chi connectivity index (χ2n) is 7.84. The molecule has 2 N–H and O–H groups in total. The predicted molar refractivity (Wildman–Crippen MR) is 122 cm³/mol. The van der Waals surface area contributed by atoms with Gasteiger partial charge in [-0.25, -0.2) is 12.8 Å². The molecule has 0 spiro atoms. The lowest BCUT2D eigenvalue weighted by atomic mass is 10.1. The van der Waals surface area contributed by atoms with Crippen LogP contribution in [0.15, 0.2) is 89.7 Å². The summed E-state index contributed by atoms with van der Waals surface area (Å²) in [6, 6.07) is 19.0. The van der Waals surface area contributed by atoms with Gasteiger partial charge in [0.15, 0.2) is 5.76 Å². The van der Waals surface area contributed by atoms with E-state index in [4.69, 9.17) is 15.2 Å². The van der Waals surface area contributed by atoms with Crippen LogP contribution in [-0.2, 0) is 19.5 Å². The van der Waals surface area contributed by atoms with E-state index in [2.05, 4.69) is 0 Å². The summed E-state index contributed by atoms with van der Waals surface area (Å²) in [6.07, 6.45) is 1.43. The van der Waals surface area contributed by atoms with Crippen molar-refractivity contribution in [2.45, 2.75) is 24.5 Å². The molecule has 8 heteroatoms. The monoisotopic (exact) mass is 454 g/mol. The first-order valence-electron chi connectivity index (χ1n) is 9.94. The number of nitrogens with zero attached hydrogens (tertiary/aromatic N) is 1. The predicted octanol–water partition coefficient (Wildman–Crippen LogP) is 4.89. The third kappa shape index (κ3) is 4.55. The molecule has 1 aliphatic rings. The summed E-state index contributed by atoms with van der Waals surface area (Å²) in [5.41, 5.74) is 8.10. The van der Waals surface area contributed by atoms with Crippen LogP contribution in [-0.4, -0.2) is 20.7 Å². The Kier molecular flexibility index (Phi) is 5.56. The highest BCUT2D eigenvalue weighted by Gasteiger charge is 2.32. The minimum Gasteiger partial charge on any atom is -0.457 e. The topological polar surface area (TPSA) is 81.9 Å². The highest BCUT2D eigenvalue weighted by Crippen LogP contribution is 2.31. The molecule has 3 aromatic rings. The van der Waals surface area contributed by atoms with Crippen LogP contribution in [0.4, 0.5) is 15.8 Å². The molecule has 0 atom stereocenters. The van der Waals surface area contributed by atoms with E-state index in [0.29, 0.717) is 28.3 Å². The summed E-state index contributed by atoms with van der Waals surface area (Å²) in [4.78, 5) is 0.0925. The fraction of sp³-hybridized carbons (Fsp3) is 0.167. The van der Waals surface area contributed by atoms with Crippen molar-refractivity contribution in [1.82, 2.24) is 0 Å². The molecular formula is C24H23FN2O4S. The molecule has 0 unspecified atom stereocenters. The zero-order valence-electron chi connectivity index (χ0n) is 17.7. The van der Waals surface area contributed by atoms with Gasteiger partial charge in [0.25, 0.3) is 10.0 Å². The first-order valence-corrected chi connectivity index (χ1v) is 11.4. The zero-order valence-corrected chi connectivity index (χ0v) is 18.5. The summed E-state index contributed by atoms with van der Waals surface area (Å²) in [7, 11) is -3.99. The Bertz CT molecular complexity index is 1250. The number of anilines is 2. The van der Waals surface area contributed by atoms with Crippen molar-refractivity contribution in [1.29, 1.82) is 0 Å². The van der Waals surface area contributed by atoms with E-state index < -0.39 is 15.8 Å². The van der Waals surface area contributed by atoms with Gasteiger partial charge in [0.1, 0.15) is 12.1 Å². The second-order valence-corrected chi connectivity index (χ2v) is 9.70. The molecule has 0 saturated carbocycles. The molecule has 0 bridgehead atoms. The van der Waals surface area contributed by atoms with Gasteiger partial charge in [-0.1, -0.05) is 24.3 Å². The van der Waals surface area contributed by atoms with Crippen LogP contribution in [0.3, 0.4) is 0 Å². The normalized spacial score (nSPS) is 14.9. The van der Waals surface area contributed by atoms with Gasteiger partial charge in [0.2, 0.25) is 5.79 Å². The molecule has 4 rings (SSSR count). The van der Waals surface area contributed by atoms with Gasteiger partial charge in [-0.2, -0.15) is 0 Å². The molecule has 0 aromatic heterocycles. The molecule has 1 heterocycles. The maximum Gasteiger partial charge on any atom is 0.264 e. The Labute approximate surface area is 186 Å². The van der Waals surface area contributed by atoms with Crippen LogP contribution in [0, 0.1) is 5.82 Å². The quantitative estimate of drug-likeness (QED) is 0.536. The van der Waals surface area contributed by atoms with Crippen molar-refractivity contribution in [2.75, 3.05) is 16.6 Å². The standard InChI is InChI=1S/C24H23FN2O4S/c1-24(2)30-16-22(31-24)15-27(21-12-10-20(26)11-13-21)32(28,29)23-5-3-4-18(14-23)17-6-8-19(25)9-7-17/h3-14,16H,15,26H2,1-2H3. The average molecular weight is 455 g/mol. The second kappa shape index (κ2) is 8.20. The molecule has 32 heavy (non-hydrogen) atoms. The summed E-state index contributed by atoms with van der Waals surface area (Å²) < 4.78 is 53.2. The number of nitrogens with two attached hydrogens (primary N) is 1. The largest absolute Gasteiger partial charge is 0.457 e. The van der Waals surface area contributed by atoms with Crippen molar-refractivity contribution in [3.63, 3.8) is 0 Å². The lowest BCUT2D eigenvalue weighted by Crippen LogP contribution is -2.34. The van der Waals surface area contributed by atoms with Gasteiger partial charge in [0.05, 0.1) is 17.1 Å². The molecule has 0 aliphatic carbocycles. The van der Waals surface area contributed by atoms with Crippen LogP contribution in [0.1, 0.15) is 13.8 Å². The van der Waals surface area contributed by atoms with Crippen LogP contribution in [0.25, 0.3) is 11.1 Å². The lowest BCUT2D eigenvalue weighted by molar-refractivity contribution is -0.116. The van der Waals surface area contributed by atoms with Gasteiger partial charge < -0.3 is 15.2 Å². The third-order valence-electron chi connectivity index (χ3n) is 4.93. The lowest BCUT2D eigenvalue weighted by Gasteiger charge is -2.26. The number of halogens is 1. The van der Waals surface area contributed by atoms with Crippen molar-refractivity contribution in [3.05, 3.63) is 90.6 Å². The first kappa shape index (κ1) is 21.7. The number of sulfonamides is 1. The van der Waals surface area contributed by atoms with Gasteiger partial charge in [-0.05, 0) is 59.7 Å². The van der Waals surface area contributed by atoms with Gasteiger partial charge >= 0.3 is 0 Å². The third-order valence-corrected chi connectivity index (χ3v) is 6.70. The Morgan fingerprint density at radius 1 is 0.969 bits per heavy atom. The fourth-order valence-corrected chi connectivity index (χ4v) is 4.82. The molecule has 0 amide bonds. The highest BCUT2D eigenvalue weighted by molar-refractivity contribution is 7.92. The highest BCUT2D eigenvalue weighted by atomic mass is 32.2. The first-order chi connectivity index (χ1) is 15.1. The van der Waals surface area contributed by atoms with Crippen molar-refractivity contribution >= 4 is 21.4 Å². The van der Waals surface area contributed by atoms with Gasteiger partial charge in [0, 0.05) is 19.5 Å². The van der Waals surface area contributed by atoms with E-state index in [1.54, 1.807) is 68.4 Å². The molecule has 166 valence electrons. The maximum atomic E-state index is 13.7. The van der Waals surface area contributed by atoms with Gasteiger partial charge in [-0.15, -0.1) is 0 Å². The number of hydrogen-bond donors (Lipinski definition) is 1. The van der Waals surface area contributed by atoms with Crippen LogP contribution < -0.4 is 10.0 Å². The van der Waals surface area contributed by atoms with Gasteiger partial charge in [-0.3, -0.25) is 4.31 Å². The van der Waals surface area contributed by atoms with E-state index in [-0.39, 0.29) is 17.3 Å². The van der Waals surface area contributed by atoms with Crippen LogP contribution in [0.5, 0.6) is 0 Å². The molecule has 1 aliphatic heterocycles. The van der Waals surface area contributed by atoms with E-state index in [1.165, 1.54) is 28.8 Å². The van der Waals surface area contributed by atoms with E-state index in [1.807, 2.05) is 0 Å². The Morgan fingerprint density at radius 3 is 2.28 bits per heavy atom. The maximum absolute atomic E-state index is 13.7. The summed E-state index contributed by atoms with van der Waals surface area (Å²) in [5.74, 6) is -0.846. The SMILES string of the molecule is CC1(C)OC=C(CN(c2ccc(N)cc2)S(=O)(=O)c2cccc(-c3ccc(F)cc3)c2)O1. The summed E-state index contributed by atoms with van der Waals surface area (Å²) >= 11 is 0. The molecular weight excluding hydrogens is 431 g/mol. The number of hydrogen-bond acceptors (Lipinski definition) is 5. The molecule has 0 fully saturated rings. The zero-order chi connectivity index (χ0) is 22.9. The van der Waals surface area contributed by atoms with E-state index in [0.717, 1.165) is 0 Å². The van der Waals surface area contributed by atoms with Crippen molar-refractivity contribution in [2.24, 2.45) is 0 Å². The summed E-state index contributed by atoms with van der Waals surface area (Å²) in [6.45, 7) is 3.42. The van der Waals surface area contributed by atoms with Crippen molar-refractivity contribution < 1.29 is 22.3 Å². The number of nitrogen functional groups attached to an aromatic ring is 1. The van der Waals surface area contributed by atoms with E-state index in [9.17, 15) is 12.8 Å². The van der Waals surface area contributed by atoms with Crippen molar-refractivity contribution in [3.8, 4) is 11.1 Å². The number of rotatable bonds is 6. The Morgan fingerprint density at radius 2 is 1.66 bits per heavy atom. The minimum absolute atomic E-state index is 0.0591. The van der Waals surface area contributed by atoms with E-state index >= 15 is 0 Å². The molecule has 0 saturated heterocycles. The molecule has 0 radical (unpaired) electrons. The summed E-state index contributed by atoms with van der Waals surface area (Å²) in [5, 5.41) is 0.